The molecule has 116 valence electrons. The molecule has 1 aliphatic rings. The molecule has 0 aliphatic carbocycles. The van der Waals surface area contributed by atoms with Gasteiger partial charge in [0.15, 0.2) is 10.6 Å². The molecule has 2 atom stereocenters. The molecule has 11 heteroatoms. The Labute approximate surface area is 126 Å². The molecule has 2 N–H and O–H groups in total. The fourth-order valence-electron chi connectivity index (χ4n) is 2.54. The lowest BCUT2D eigenvalue weighted by molar-refractivity contribution is 0.503. The standard InChI is InChI=1S/C11H14N8O2S/c1-12-22(20,21)11(10-18-6-14-7-19-10)2-8(15-3-11)9-16-4-13-5-17-9/h4-8,12,15H,2-3H2,1H3. The van der Waals surface area contributed by atoms with E-state index in [1.165, 1.54) is 32.4 Å². The zero-order valence-corrected chi connectivity index (χ0v) is 12.5. The molecule has 0 amide bonds. The van der Waals surface area contributed by atoms with Crippen LogP contribution in [0.4, 0.5) is 0 Å². The van der Waals surface area contributed by atoms with Gasteiger partial charge in [0, 0.05) is 6.54 Å². The molecule has 0 aromatic carbocycles. The van der Waals surface area contributed by atoms with E-state index in [0.29, 0.717) is 5.82 Å². The number of aromatic nitrogens is 6. The van der Waals surface area contributed by atoms with Crippen molar-refractivity contribution in [2.45, 2.75) is 17.2 Å². The van der Waals surface area contributed by atoms with Crippen LogP contribution in [0.25, 0.3) is 0 Å². The van der Waals surface area contributed by atoms with Crippen molar-refractivity contribution < 1.29 is 8.42 Å². The van der Waals surface area contributed by atoms with Gasteiger partial charge in [0.25, 0.3) is 0 Å². The van der Waals surface area contributed by atoms with Crippen LogP contribution in [-0.2, 0) is 14.8 Å². The van der Waals surface area contributed by atoms with Gasteiger partial charge in [0.1, 0.15) is 31.1 Å². The maximum absolute atomic E-state index is 12.6. The Morgan fingerprint density at radius 1 is 1.14 bits per heavy atom. The Hall–Kier alpha value is -2.11. The summed E-state index contributed by atoms with van der Waals surface area (Å²) in [6, 6.07) is -0.331. The number of rotatable bonds is 4. The lowest BCUT2D eigenvalue weighted by atomic mass is 10.0. The molecule has 2 aromatic heterocycles. The van der Waals surface area contributed by atoms with Crippen molar-refractivity contribution in [2.24, 2.45) is 0 Å². The van der Waals surface area contributed by atoms with Gasteiger partial charge in [-0.3, -0.25) is 0 Å². The molecule has 2 unspecified atom stereocenters. The van der Waals surface area contributed by atoms with Crippen LogP contribution in [0.5, 0.6) is 0 Å². The van der Waals surface area contributed by atoms with Gasteiger partial charge in [-0.15, -0.1) is 0 Å². The first kappa shape index (κ1) is 14.8. The van der Waals surface area contributed by atoms with Crippen molar-refractivity contribution >= 4 is 10.0 Å². The molecule has 2 aromatic rings. The SMILES string of the molecule is CNS(=O)(=O)C1(c2ncncn2)CNC(c2ncncn2)C1. The maximum atomic E-state index is 12.6. The molecule has 1 aliphatic heterocycles. The maximum Gasteiger partial charge on any atom is 0.225 e. The second-order valence-corrected chi connectivity index (χ2v) is 6.99. The summed E-state index contributed by atoms with van der Waals surface area (Å²) in [6.07, 6.45) is 5.53. The number of hydrogen-bond acceptors (Lipinski definition) is 9. The number of sulfonamides is 1. The Bertz CT molecular complexity index is 741. The normalized spacial score (nSPS) is 25.2. The minimum Gasteiger partial charge on any atom is -0.305 e. The Morgan fingerprint density at radius 2 is 1.73 bits per heavy atom. The summed E-state index contributed by atoms with van der Waals surface area (Å²) in [6.45, 7) is 0.149. The number of hydrogen-bond donors (Lipinski definition) is 2. The Morgan fingerprint density at radius 3 is 2.32 bits per heavy atom. The third-order valence-corrected chi connectivity index (χ3v) is 5.74. The predicted octanol–water partition coefficient (Wildman–Crippen LogP) is -1.46. The van der Waals surface area contributed by atoms with E-state index in [1.807, 2.05) is 0 Å². The van der Waals surface area contributed by atoms with Crippen LogP contribution in [0.15, 0.2) is 25.3 Å². The first-order chi connectivity index (χ1) is 10.6. The quantitative estimate of drug-likeness (QED) is 0.691. The van der Waals surface area contributed by atoms with Crippen LogP contribution in [0.3, 0.4) is 0 Å². The average molecular weight is 322 g/mol. The molecule has 1 saturated heterocycles. The van der Waals surface area contributed by atoms with E-state index in [9.17, 15) is 8.42 Å². The van der Waals surface area contributed by atoms with E-state index < -0.39 is 14.8 Å². The molecular formula is C11H14N8O2S. The summed E-state index contributed by atoms with van der Waals surface area (Å²) in [5.41, 5.74) is 0. The van der Waals surface area contributed by atoms with Crippen molar-refractivity contribution in [1.29, 1.82) is 0 Å². The summed E-state index contributed by atoms with van der Waals surface area (Å²) in [4.78, 5) is 23.7. The Kier molecular flexibility index (Phi) is 3.76. The highest BCUT2D eigenvalue weighted by atomic mass is 32.2. The summed E-state index contributed by atoms with van der Waals surface area (Å²) < 4.78 is 26.3. The monoisotopic (exact) mass is 322 g/mol. The van der Waals surface area contributed by atoms with Gasteiger partial charge in [-0.25, -0.2) is 43.0 Å². The largest absolute Gasteiger partial charge is 0.305 e. The van der Waals surface area contributed by atoms with Crippen LogP contribution >= 0.6 is 0 Å². The zero-order valence-electron chi connectivity index (χ0n) is 11.7. The molecule has 0 saturated carbocycles. The topological polar surface area (TPSA) is 136 Å². The average Bonchev–Trinajstić information content (AvgIpc) is 3.04. The van der Waals surface area contributed by atoms with Crippen LogP contribution < -0.4 is 10.0 Å². The second-order valence-electron chi connectivity index (χ2n) is 4.80. The third-order valence-electron chi connectivity index (χ3n) is 3.68. The van der Waals surface area contributed by atoms with Crippen LogP contribution in [0.1, 0.15) is 24.1 Å². The van der Waals surface area contributed by atoms with Gasteiger partial charge in [-0.2, -0.15) is 0 Å². The third kappa shape index (κ3) is 2.32. The minimum atomic E-state index is -3.69. The molecule has 3 heterocycles. The van der Waals surface area contributed by atoms with E-state index in [-0.39, 0.29) is 24.8 Å². The van der Waals surface area contributed by atoms with Gasteiger partial charge in [-0.05, 0) is 13.5 Å². The van der Waals surface area contributed by atoms with E-state index >= 15 is 0 Å². The predicted molar refractivity (Wildman–Crippen MR) is 74.7 cm³/mol. The first-order valence-corrected chi connectivity index (χ1v) is 7.98. The van der Waals surface area contributed by atoms with E-state index in [2.05, 4.69) is 39.9 Å². The molecule has 0 spiro atoms. The molecule has 0 bridgehead atoms. The first-order valence-electron chi connectivity index (χ1n) is 6.50. The van der Waals surface area contributed by atoms with Crippen LogP contribution in [0, 0.1) is 0 Å². The van der Waals surface area contributed by atoms with Gasteiger partial charge in [0.2, 0.25) is 10.0 Å². The molecule has 1 fully saturated rings. The number of nitrogens with one attached hydrogen (secondary N) is 2. The molecule has 22 heavy (non-hydrogen) atoms. The van der Waals surface area contributed by atoms with Gasteiger partial charge in [0.05, 0.1) is 6.04 Å². The fraction of sp³-hybridized carbons (Fsp3) is 0.455. The van der Waals surface area contributed by atoms with E-state index in [0.717, 1.165) is 0 Å². The lowest BCUT2D eigenvalue weighted by Gasteiger charge is -2.25. The fourth-order valence-corrected chi connectivity index (χ4v) is 3.93. The van der Waals surface area contributed by atoms with Crippen LogP contribution in [-0.4, -0.2) is 51.9 Å². The van der Waals surface area contributed by atoms with Crippen molar-refractivity contribution in [3.8, 4) is 0 Å². The van der Waals surface area contributed by atoms with Gasteiger partial charge in [-0.1, -0.05) is 0 Å². The second kappa shape index (κ2) is 5.59. The number of nitrogens with zero attached hydrogens (tertiary/aromatic N) is 6. The Balaban J connectivity index is 2.03. The summed E-state index contributed by atoms with van der Waals surface area (Å²) in [5, 5.41) is 3.13. The summed E-state index contributed by atoms with van der Waals surface area (Å²) >= 11 is 0. The van der Waals surface area contributed by atoms with Crippen molar-refractivity contribution in [3.05, 3.63) is 37.0 Å². The van der Waals surface area contributed by atoms with Crippen molar-refractivity contribution in [1.82, 2.24) is 39.9 Å². The molecule has 3 rings (SSSR count). The highest BCUT2D eigenvalue weighted by molar-refractivity contribution is 7.90. The van der Waals surface area contributed by atoms with Crippen LogP contribution in [0.2, 0.25) is 0 Å². The van der Waals surface area contributed by atoms with Crippen molar-refractivity contribution in [2.75, 3.05) is 13.6 Å². The van der Waals surface area contributed by atoms with Gasteiger partial charge < -0.3 is 5.32 Å². The van der Waals surface area contributed by atoms with E-state index in [1.54, 1.807) is 0 Å². The lowest BCUT2D eigenvalue weighted by Crippen LogP contribution is -2.45. The smallest absolute Gasteiger partial charge is 0.225 e. The molecule has 0 radical (unpaired) electrons. The molecule has 10 nitrogen and oxygen atoms in total. The summed E-state index contributed by atoms with van der Waals surface area (Å²) in [7, 11) is -2.32. The molecular weight excluding hydrogens is 308 g/mol. The zero-order chi connectivity index (χ0) is 15.6. The highest BCUT2D eigenvalue weighted by Gasteiger charge is 2.53. The van der Waals surface area contributed by atoms with E-state index in [4.69, 9.17) is 0 Å². The summed E-state index contributed by atoms with van der Waals surface area (Å²) in [5.74, 6) is 0.679. The van der Waals surface area contributed by atoms with Crippen molar-refractivity contribution in [3.63, 3.8) is 0 Å². The highest BCUT2D eigenvalue weighted by Crippen LogP contribution is 2.40. The van der Waals surface area contributed by atoms with Gasteiger partial charge >= 0.3 is 0 Å². The minimum absolute atomic E-state index is 0.149.